The van der Waals surface area contributed by atoms with Crippen LogP contribution in [0, 0.1) is 6.92 Å². The number of fused-ring (bicyclic) bond motifs is 1. The van der Waals surface area contributed by atoms with Crippen LogP contribution in [0.5, 0.6) is 0 Å². The summed E-state index contributed by atoms with van der Waals surface area (Å²) in [5, 5.41) is 7.33. The first-order valence-corrected chi connectivity index (χ1v) is 8.32. The van der Waals surface area contributed by atoms with Crippen LogP contribution in [0.1, 0.15) is 30.1 Å². The zero-order valence-corrected chi connectivity index (χ0v) is 14.3. The quantitative estimate of drug-likeness (QED) is 0.798. The minimum atomic E-state index is 0.411. The van der Waals surface area contributed by atoms with E-state index >= 15 is 0 Å². The van der Waals surface area contributed by atoms with Gasteiger partial charge in [0.05, 0.1) is 0 Å². The zero-order chi connectivity index (χ0) is 16.7. The van der Waals surface area contributed by atoms with Gasteiger partial charge in [-0.05, 0) is 37.5 Å². The first-order chi connectivity index (χ1) is 11.6. The molecule has 0 amide bonds. The molecule has 0 spiro atoms. The lowest BCUT2D eigenvalue weighted by molar-refractivity contribution is 0.456. The number of hydrogen-bond donors (Lipinski definition) is 1. The molecule has 0 saturated carbocycles. The lowest BCUT2D eigenvalue weighted by atomic mass is 9.96. The second-order valence-corrected chi connectivity index (χ2v) is 6.64. The standard InChI is InChI=1S/C17H22N6O/c1-11-4-5-14-13(10-11)18-17(24-14)23-8-6-12(7-9-23)15-19-16(21-20-15)22(2)3/h4-5,10,12H,6-9H2,1-3H3,(H,19,20,21). The number of hydrogen-bond acceptors (Lipinski definition) is 6. The Morgan fingerprint density at radius 1 is 1.21 bits per heavy atom. The van der Waals surface area contributed by atoms with Gasteiger partial charge in [0.25, 0.3) is 6.01 Å². The molecule has 1 aromatic carbocycles. The molecule has 1 aliphatic rings. The van der Waals surface area contributed by atoms with Crippen molar-refractivity contribution in [1.82, 2.24) is 20.2 Å². The van der Waals surface area contributed by atoms with Crippen molar-refractivity contribution in [1.29, 1.82) is 0 Å². The van der Waals surface area contributed by atoms with Gasteiger partial charge in [-0.25, -0.2) is 0 Å². The van der Waals surface area contributed by atoms with Crippen LogP contribution >= 0.6 is 0 Å². The summed E-state index contributed by atoms with van der Waals surface area (Å²) >= 11 is 0. The minimum absolute atomic E-state index is 0.411. The molecule has 1 N–H and O–H groups in total. The van der Waals surface area contributed by atoms with E-state index in [2.05, 4.69) is 44.1 Å². The van der Waals surface area contributed by atoms with E-state index < -0.39 is 0 Å². The topological polar surface area (TPSA) is 74.1 Å². The number of nitrogens with zero attached hydrogens (tertiary/aromatic N) is 5. The maximum atomic E-state index is 5.91. The third kappa shape index (κ3) is 2.70. The number of rotatable bonds is 3. The highest BCUT2D eigenvalue weighted by Crippen LogP contribution is 2.30. The van der Waals surface area contributed by atoms with Crippen LogP contribution < -0.4 is 9.80 Å². The molecule has 7 nitrogen and oxygen atoms in total. The number of piperidine rings is 1. The Bertz CT molecular complexity index is 844. The first-order valence-electron chi connectivity index (χ1n) is 8.32. The monoisotopic (exact) mass is 326 g/mol. The van der Waals surface area contributed by atoms with Crippen LogP contribution in [-0.4, -0.2) is 47.4 Å². The first kappa shape index (κ1) is 15.0. The van der Waals surface area contributed by atoms with Crippen molar-refractivity contribution in [2.45, 2.75) is 25.7 Å². The number of anilines is 2. The Hall–Kier alpha value is -2.57. The van der Waals surface area contributed by atoms with E-state index in [1.165, 1.54) is 5.56 Å². The molecule has 4 rings (SSSR count). The van der Waals surface area contributed by atoms with Crippen molar-refractivity contribution < 1.29 is 4.42 Å². The van der Waals surface area contributed by atoms with Gasteiger partial charge in [0, 0.05) is 33.1 Å². The van der Waals surface area contributed by atoms with Crippen molar-refractivity contribution in [3.05, 3.63) is 29.6 Å². The molecule has 3 aromatic rings. The van der Waals surface area contributed by atoms with Crippen molar-refractivity contribution in [2.75, 3.05) is 37.0 Å². The fourth-order valence-electron chi connectivity index (χ4n) is 3.15. The molecule has 2 aromatic heterocycles. The van der Waals surface area contributed by atoms with E-state index in [0.29, 0.717) is 5.92 Å². The predicted molar refractivity (Wildman–Crippen MR) is 93.6 cm³/mol. The lowest BCUT2D eigenvalue weighted by Gasteiger charge is -2.29. The third-order valence-electron chi connectivity index (χ3n) is 4.57. The number of aryl methyl sites for hydroxylation is 1. The Morgan fingerprint density at radius 3 is 2.71 bits per heavy atom. The minimum Gasteiger partial charge on any atom is -0.423 e. The van der Waals surface area contributed by atoms with E-state index in [9.17, 15) is 0 Å². The van der Waals surface area contributed by atoms with Gasteiger partial charge in [-0.3, -0.25) is 5.10 Å². The van der Waals surface area contributed by atoms with Crippen LogP contribution in [0.4, 0.5) is 12.0 Å². The average Bonchev–Trinajstić information content (AvgIpc) is 3.21. The molecule has 24 heavy (non-hydrogen) atoms. The summed E-state index contributed by atoms with van der Waals surface area (Å²) in [5.74, 6) is 2.13. The lowest BCUT2D eigenvalue weighted by Crippen LogP contribution is -2.33. The molecule has 0 atom stereocenters. The summed E-state index contributed by atoms with van der Waals surface area (Å²) in [5.41, 5.74) is 2.98. The third-order valence-corrected chi connectivity index (χ3v) is 4.57. The number of nitrogens with one attached hydrogen (secondary N) is 1. The zero-order valence-electron chi connectivity index (χ0n) is 14.3. The molecule has 7 heteroatoms. The van der Waals surface area contributed by atoms with Crippen LogP contribution in [0.3, 0.4) is 0 Å². The summed E-state index contributed by atoms with van der Waals surface area (Å²) in [6, 6.07) is 6.83. The number of H-pyrrole nitrogens is 1. The number of aromatic amines is 1. The summed E-state index contributed by atoms with van der Waals surface area (Å²) in [7, 11) is 3.90. The highest BCUT2D eigenvalue weighted by atomic mass is 16.4. The Morgan fingerprint density at radius 2 is 2.00 bits per heavy atom. The van der Waals surface area contributed by atoms with Gasteiger partial charge >= 0.3 is 0 Å². The van der Waals surface area contributed by atoms with Crippen molar-refractivity contribution >= 4 is 23.1 Å². The smallest absolute Gasteiger partial charge is 0.298 e. The molecule has 0 bridgehead atoms. The van der Waals surface area contributed by atoms with Crippen molar-refractivity contribution in [3.63, 3.8) is 0 Å². The summed E-state index contributed by atoms with van der Waals surface area (Å²) in [4.78, 5) is 13.3. The summed E-state index contributed by atoms with van der Waals surface area (Å²) in [6.07, 6.45) is 2.03. The average molecular weight is 326 g/mol. The molecular weight excluding hydrogens is 304 g/mol. The molecule has 1 saturated heterocycles. The Labute approximate surface area is 140 Å². The fourth-order valence-corrected chi connectivity index (χ4v) is 3.15. The maximum absolute atomic E-state index is 5.91. The van der Waals surface area contributed by atoms with Crippen molar-refractivity contribution in [3.8, 4) is 0 Å². The highest BCUT2D eigenvalue weighted by Gasteiger charge is 2.26. The number of oxazole rings is 1. The molecule has 1 aliphatic heterocycles. The van der Waals surface area contributed by atoms with E-state index in [1.807, 2.05) is 25.1 Å². The van der Waals surface area contributed by atoms with Gasteiger partial charge in [-0.1, -0.05) is 6.07 Å². The molecule has 0 unspecified atom stereocenters. The van der Waals surface area contributed by atoms with E-state index in [1.54, 1.807) is 0 Å². The number of aromatic nitrogens is 4. The molecule has 1 fully saturated rings. The number of benzene rings is 1. The fraction of sp³-hybridized carbons (Fsp3) is 0.471. The maximum Gasteiger partial charge on any atom is 0.298 e. The Balaban J connectivity index is 1.46. The second kappa shape index (κ2) is 5.81. The molecule has 3 heterocycles. The van der Waals surface area contributed by atoms with Crippen LogP contribution in [0.15, 0.2) is 22.6 Å². The largest absolute Gasteiger partial charge is 0.423 e. The van der Waals surface area contributed by atoms with Gasteiger partial charge in [0.1, 0.15) is 11.3 Å². The van der Waals surface area contributed by atoms with Gasteiger partial charge in [-0.15, -0.1) is 5.10 Å². The summed E-state index contributed by atoms with van der Waals surface area (Å²) in [6.45, 7) is 3.89. The predicted octanol–water partition coefficient (Wildman–Crippen LogP) is 2.70. The normalized spacial score (nSPS) is 16.0. The SMILES string of the molecule is Cc1ccc2oc(N3CCC(c4nc(N(C)C)n[nH]4)CC3)nc2c1. The van der Waals surface area contributed by atoms with Crippen LogP contribution in [-0.2, 0) is 0 Å². The Kier molecular flexibility index (Phi) is 3.63. The molecule has 126 valence electrons. The van der Waals surface area contributed by atoms with Gasteiger partial charge in [-0.2, -0.15) is 9.97 Å². The van der Waals surface area contributed by atoms with E-state index in [4.69, 9.17) is 4.42 Å². The van der Waals surface area contributed by atoms with E-state index in [-0.39, 0.29) is 0 Å². The van der Waals surface area contributed by atoms with Gasteiger partial charge in [0.2, 0.25) is 5.95 Å². The molecule has 0 radical (unpaired) electrons. The highest BCUT2D eigenvalue weighted by molar-refractivity contribution is 5.75. The van der Waals surface area contributed by atoms with Crippen LogP contribution in [0.25, 0.3) is 11.1 Å². The van der Waals surface area contributed by atoms with Gasteiger partial charge in [0.15, 0.2) is 5.58 Å². The second-order valence-electron chi connectivity index (χ2n) is 6.64. The van der Waals surface area contributed by atoms with Crippen LogP contribution in [0.2, 0.25) is 0 Å². The molecule has 0 aliphatic carbocycles. The summed E-state index contributed by atoms with van der Waals surface area (Å²) < 4.78 is 5.91. The van der Waals surface area contributed by atoms with Crippen molar-refractivity contribution in [2.24, 2.45) is 0 Å². The van der Waals surface area contributed by atoms with Gasteiger partial charge < -0.3 is 14.2 Å². The molecular formula is C17H22N6O. The van der Waals surface area contributed by atoms with E-state index in [0.717, 1.165) is 54.8 Å².